The Morgan fingerprint density at radius 3 is 2.82 bits per heavy atom. The third-order valence-electron chi connectivity index (χ3n) is 3.39. The lowest BCUT2D eigenvalue weighted by Crippen LogP contribution is -2.13. The molecule has 0 aliphatic heterocycles. The van der Waals surface area contributed by atoms with Crippen molar-refractivity contribution < 1.29 is 9.53 Å². The molecular formula is C15H16N4O3. The number of rotatable bonds is 4. The van der Waals surface area contributed by atoms with Gasteiger partial charge in [0, 0.05) is 12.5 Å². The molecule has 0 unspecified atom stereocenters. The first kappa shape index (κ1) is 14.2. The van der Waals surface area contributed by atoms with E-state index in [1.54, 1.807) is 23.5 Å². The number of aryl methyl sites for hydroxylation is 2. The Kier molecular flexibility index (Phi) is 3.40. The highest BCUT2D eigenvalue weighted by molar-refractivity contribution is 5.78. The van der Waals surface area contributed by atoms with Gasteiger partial charge in [-0.1, -0.05) is 6.92 Å². The van der Waals surface area contributed by atoms with E-state index in [0.717, 1.165) is 5.82 Å². The maximum atomic E-state index is 12.2. The topological polar surface area (TPSA) is 89.4 Å². The fraction of sp³-hybridized carbons (Fsp3) is 0.333. The van der Waals surface area contributed by atoms with Crippen molar-refractivity contribution in [3.05, 3.63) is 34.0 Å². The van der Waals surface area contributed by atoms with Crippen LogP contribution in [-0.2, 0) is 11.2 Å². The van der Waals surface area contributed by atoms with Gasteiger partial charge >= 0.3 is 0 Å². The molecule has 0 atom stereocenters. The molecule has 3 aromatic rings. The number of nitrogens with zero attached hydrogens (tertiary/aromatic N) is 3. The second kappa shape index (κ2) is 5.25. The molecule has 22 heavy (non-hydrogen) atoms. The maximum Gasteiger partial charge on any atom is 0.274 e. The van der Waals surface area contributed by atoms with Gasteiger partial charge in [0.25, 0.3) is 5.56 Å². The summed E-state index contributed by atoms with van der Waals surface area (Å²) < 4.78 is 7.10. The molecule has 1 N–H and O–H groups in total. The number of carbonyl (C=O) groups is 1. The lowest BCUT2D eigenvalue weighted by Gasteiger charge is -2.07. The van der Waals surface area contributed by atoms with Crippen molar-refractivity contribution in [2.24, 2.45) is 0 Å². The molecule has 0 bridgehead atoms. The van der Waals surface area contributed by atoms with Crippen LogP contribution in [0.5, 0.6) is 5.88 Å². The molecule has 0 aromatic carbocycles. The van der Waals surface area contributed by atoms with E-state index in [9.17, 15) is 9.59 Å². The SMILES string of the molecule is CCc1nc(C)c2c(=O)[nH]c3ccc(OCC(C)=O)nc3n12. The summed E-state index contributed by atoms with van der Waals surface area (Å²) in [5, 5.41) is 0. The number of aromatic amines is 1. The number of ketones is 1. The Morgan fingerprint density at radius 1 is 1.36 bits per heavy atom. The van der Waals surface area contributed by atoms with Gasteiger partial charge in [-0.2, -0.15) is 4.98 Å². The monoisotopic (exact) mass is 300 g/mol. The van der Waals surface area contributed by atoms with Crippen molar-refractivity contribution >= 4 is 22.5 Å². The molecule has 3 rings (SSSR count). The third-order valence-corrected chi connectivity index (χ3v) is 3.39. The predicted octanol–water partition coefficient (Wildman–Crippen LogP) is 1.41. The van der Waals surface area contributed by atoms with Gasteiger partial charge in [0.2, 0.25) is 5.88 Å². The summed E-state index contributed by atoms with van der Waals surface area (Å²) in [5.41, 5.74) is 2.11. The van der Waals surface area contributed by atoms with Gasteiger partial charge in [-0.15, -0.1) is 0 Å². The summed E-state index contributed by atoms with van der Waals surface area (Å²) in [6, 6.07) is 3.34. The Morgan fingerprint density at radius 2 is 2.14 bits per heavy atom. The van der Waals surface area contributed by atoms with Crippen molar-refractivity contribution in [2.45, 2.75) is 27.2 Å². The quantitative estimate of drug-likeness (QED) is 0.787. The smallest absolute Gasteiger partial charge is 0.274 e. The molecule has 0 radical (unpaired) electrons. The van der Waals surface area contributed by atoms with Gasteiger partial charge in [0.05, 0.1) is 11.2 Å². The summed E-state index contributed by atoms with van der Waals surface area (Å²) >= 11 is 0. The van der Waals surface area contributed by atoms with Crippen LogP contribution in [0.4, 0.5) is 0 Å². The predicted molar refractivity (Wildman–Crippen MR) is 81.4 cm³/mol. The number of H-pyrrole nitrogens is 1. The summed E-state index contributed by atoms with van der Waals surface area (Å²) in [4.78, 5) is 34.9. The van der Waals surface area contributed by atoms with E-state index in [-0.39, 0.29) is 17.9 Å². The van der Waals surface area contributed by atoms with E-state index in [0.29, 0.717) is 34.7 Å². The number of aromatic nitrogens is 4. The highest BCUT2D eigenvalue weighted by Gasteiger charge is 2.15. The number of ether oxygens (including phenoxy) is 1. The van der Waals surface area contributed by atoms with E-state index in [2.05, 4.69) is 15.0 Å². The van der Waals surface area contributed by atoms with E-state index in [1.807, 2.05) is 6.92 Å². The molecule has 0 spiro atoms. The van der Waals surface area contributed by atoms with Crippen LogP contribution in [0.2, 0.25) is 0 Å². The second-order valence-corrected chi connectivity index (χ2v) is 5.12. The van der Waals surface area contributed by atoms with Crippen molar-refractivity contribution in [3.63, 3.8) is 0 Å². The van der Waals surface area contributed by atoms with Crippen LogP contribution in [0.25, 0.3) is 16.7 Å². The Hall–Kier alpha value is -2.70. The number of fused-ring (bicyclic) bond motifs is 3. The number of hydrogen-bond donors (Lipinski definition) is 1. The molecule has 0 saturated heterocycles. The number of hydrogen-bond acceptors (Lipinski definition) is 5. The van der Waals surface area contributed by atoms with Crippen LogP contribution in [0.1, 0.15) is 25.4 Å². The van der Waals surface area contributed by atoms with Crippen LogP contribution in [-0.4, -0.2) is 31.7 Å². The van der Waals surface area contributed by atoms with Gasteiger partial charge in [-0.3, -0.25) is 14.0 Å². The molecule has 7 heteroatoms. The fourth-order valence-electron chi connectivity index (χ4n) is 2.46. The average molecular weight is 300 g/mol. The average Bonchev–Trinajstić information content (AvgIpc) is 2.83. The van der Waals surface area contributed by atoms with Crippen LogP contribution in [0.3, 0.4) is 0 Å². The first-order chi connectivity index (χ1) is 10.5. The zero-order valence-corrected chi connectivity index (χ0v) is 12.6. The van der Waals surface area contributed by atoms with E-state index in [1.165, 1.54) is 6.92 Å². The molecule has 0 amide bonds. The number of imidazole rings is 1. The minimum absolute atomic E-state index is 0.0331. The largest absolute Gasteiger partial charge is 0.470 e. The zero-order chi connectivity index (χ0) is 15.9. The normalized spacial score (nSPS) is 11.2. The summed E-state index contributed by atoms with van der Waals surface area (Å²) in [5.74, 6) is 1.02. The summed E-state index contributed by atoms with van der Waals surface area (Å²) in [6.07, 6.45) is 0.674. The van der Waals surface area contributed by atoms with Crippen molar-refractivity contribution in [1.82, 2.24) is 19.4 Å². The lowest BCUT2D eigenvalue weighted by molar-refractivity contribution is -0.119. The van der Waals surface area contributed by atoms with Gasteiger partial charge < -0.3 is 9.72 Å². The zero-order valence-electron chi connectivity index (χ0n) is 12.6. The minimum Gasteiger partial charge on any atom is -0.470 e. The fourth-order valence-corrected chi connectivity index (χ4v) is 2.46. The van der Waals surface area contributed by atoms with Crippen molar-refractivity contribution in [3.8, 4) is 5.88 Å². The molecule has 114 valence electrons. The standard InChI is InChI=1S/C15H16N4O3/c1-4-11-16-9(3)13-15(21)17-10-5-6-12(22-7-8(2)20)18-14(10)19(11)13/h5-6H,4,7H2,1-3H3,(H,17,21). The third kappa shape index (κ3) is 2.24. The van der Waals surface area contributed by atoms with Crippen LogP contribution in [0, 0.1) is 6.92 Å². The van der Waals surface area contributed by atoms with Crippen molar-refractivity contribution in [1.29, 1.82) is 0 Å². The number of Topliss-reactive ketones (excluding diaryl/α,β-unsaturated/α-hetero) is 1. The lowest BCUT2D eigenvalue weighted by atomic mass is 10.3. The van der Waals surface area contributed by atoms with Gasteiger partial charge in [-0.25, -0.2) is 4.98 Å². The van der Waals surface area contributed by atoms with Crippen LogP contribution < -0.4 is 10.3 Å². The summed E-state index contributed by atoms with van der Waals surface area (Å²) in [7, 11) is 0. The minimum atomic E-state index is -0.198. The first-order valence-electron chi connectivity index (χ1n) is 7.04. The highest BCUT2D eigenvalue weighted by Crippen LogP contribution is 2.18. The number of pyridine rings is 1. The maximum absolute atomic E-state index is 12.2. The molecule has 0 aliphatic rings. The molecule has 3 aromatic heterocycles. The first-order valence-corrected chi connectivity index (χ1v) is 7.04. The Balaban J connectivity index is 2.29. The van der Waals surface area contributed by atoms with E-state index < -0.39 is 0 Å². The Labute approximate surface area is 126 Å². The molecule has 7 nitrogen and oxygen atoms in total. The highest BCUT2D eigenvalue weighted by atomic mass is 16.5. The second-order valence-electron chi connectivity index (χ2n) is 5.12. The van der Waals surface area contributed by atoms with Gasteiger partial charge in [0.1, 0.15) is 17.9 Å². The molecule has 0 fully saturated rings. The molecule has 0 saturated carbocycles. The Bertz CT molecular complexity index is 939. The van der Waals surface area contributed by atoms with Crippen LogP contribution >= 0.6 is 0 Å². The molecule has 3 heterocycles. The van der Waals surface area contributed by atoms with Gasteiger partial charge in [-0.05, 0) is 19.9 Å². The summed E-state index contributed by atoms with van der Waals surface area (Å²) in [6.45, 7) is 5.18. The van der Waals surface area contributed by atoms with E-state index in [4.69, 9.17) is 4.74 Å². The molecular weight excluding hydrogens is 284 g/mol. The molecule has 0 aliphatic carbocycles. The van der Waals surface area contributed by atoms with Crippen LogP contribution in [0.15, 0.2) is 16.9 Å². The number of nitrogens with one attached hydrogen (secondary N) is 1. The number of carbonyl (C=O) groups excluding carboxylic acids is 1. The van der Waals surface area contributed by atoms with E-state index >= 15 is 0 Å². The van der Waals surface area contributed by atoms with Gasteiger partial charge in [0.15, 0.2) is 11.4 Å². The van der Waals surface area contributed by atoms with Crippen molar-refractivity contribution in [2.75, 3.05) is 6.61 Å².